The highest BCUT2D eigenvalue weighted by Gasteiger charge is 2.42. The van der Waals surface area contributed by atoms with Gasteiger partial charge in [0.25, 0.3) is 5.91 Å². The lowest BCUT2D eigenvalue weighted by Crippen LogP contribution is -2.55. The molecule has 6 nitrogen and oxygen atoms in total. The van der Waals surface area contributed by atoms with Crippen molar-refractivity contribution >= 4 is 11.8 Å². The molecular formula is C19H25FN2O4. The second-order valence-corrected chi connectivity index (χ2v) is 7.13. The number of rotatable bonds is 4. The zero-order chi connectivity index (χ0) is 18.7. The summed E-state index contributed by atoms with van der Waals surface area (Å²) in [5, 5.41) is 2.80. The van der Waals surface area contributed by atoms with Gasteiger partial charge in [-0.05, 0) is 30.2 Å². The number of piperidine rings is 1. The van der Waals surface area contributed by atoms with Crippen LogP contribution in [0.15, 0.2) is 24.3 Å². The molecule has 1 N–H and O–H groups in total. The number of nitrogens with zero attached hydrogens (tertiary/aromatic N) is 1. The minimum atomic E-state index is -0.632. The van der Waals surface area contributed by atoms with Crippen LogP contribution < -0.4 is 5.32 Å². The highest BCUT2D eigenvalue weighted by atomic mass is 19.1. The molecule has 1 aromatic rings. The Bertz CT molecular complexity index is 646. The quantitative estimate of drug-likeness (QED) is 0.887. The normalized spacial score (nSPS) is 20.4. The van der Waals surface area contributed by atoms with Gasteiger partial charge in [-0.1, -0.05) is 13.8 Å². The van der Waals surface area contributed by atoms with E-state index in [0.29, 0.717) is 44.7 Å². The minimum Gasteiger partial charge on any atom is -0.347 e. The number of carbonyl (C=O) groups is 2. The number of likely N-dealkylation sites (tertiary alicyclic amines) is 1. The van der Waals surface area contributed by atoms with E-state index in [1.165, 1.54) is 24.3 Å². The van der Waals surface area contributed by atoms with Crippen LogP contribution in [0, 0.1) is 11.7 Å². The molecule has 2 aliphatic rings. The molecule has 2 fully saturated rings. The summed E-state index contributed by atoms with van der Waals surface area (Å²) in [5.74, 6) is -1.50. The maximum Gasteiger partial charge on any atom is 0.251 e. The standard InChI is InChI=1S/C19H25FN2O4/c1-13(2)16(21-17(23)14-3-5-15(20)6-4-14)18(24)22-9-7-19(8-10-22)25-11-12-26-19/h3-6,13,16H,7-12H2,1-2H3,(H,21,23). The number of hydrogen-bond acceptors (Lipinski definition) is 4. The minimum absolute atomic E-state index is 0.0678. The number of amides is 2. The molecule has 1 unspecified atom stereocenters. The summed E-state index contributed by atoms with van der Waals surface area (Å²) in [5.41, 5.74) is 0.329. The molecule has 2 aliphatic heterocycles. The summed E-state index contributed by atoms with van der Waals surface area (Å²) in [6.07, 6.45) is 1.27. The molecule has 1 spiro atoms. The van der Waals surface area contributed by atoms with Crippen LogP contribution in [0.4, 0.5) is 4.39 Å². The molecule has 0 radical (unpaired) electrons. The van der Waals surface area contributed by atoms with Crippen molar-refractivity contribution in [1.29, 1.82) is 0 Å². The largest absolute Gasteiger partial charge is 0.347 e. The molecule has 3 rings (SSSR count). The van der Waals surface area contributed by atoms with Crippen LogP contribution in [-0.2, 0) is 14.3 Å². The maximum absolute atomic E-state index is 13.0. The number of nitrogens with one attached hydrogen (secondary N) is 1. The first-order valence-electron chi connectivity index (χ1n) is 9.03. The summed E-state index contributed by atoms with van der Waals surface area (Å²) in [6, 6.07) is 4.64. The predicted molar refractivity (Wildman–Crippen MR) is 92.9 cm³/mol. The van der Waals surface area contributed by atoms with Crippen molar-refractivity contribution in [1.82, 2.24) is 10.2 Å². The van der Waals surface area contributed by atoms with E-state index in [0.717, 1.165) is 0 Å². The zero-order valence-electron chi connectivity index (χ0n) is 15.2. The molecule has 1 aromatic carbocycles. The summed E-state index contributed by atoms with van der Waals surface area (Å²) in [6.45, 7) is 6.04. The fraction of sp³-hybridized carbons (Fsp3) is 0.579. The Labute approximate surface area is 152 Å². The number of benzene rings is 1. The van der Waals surface area contributed by atoms with E-state index in [2.05, 4.69) is 5.32 Å². The SMILES string of the molecule is CC(C)C(NC(=O)c1ccc(F)cc1)C(=O)N1CCC2(CC1)OCCO2. The molecule has 0 aliphatic carbocycles. The first-order chi connectivity index (χ1) is 12.4. The van der Waals surface area contributed by atoms with E-state index < -0.39 is 17.6 Å². The van der Waals surface area contributed by atoms with Crippen LogP contribution in [0.25, 0.3) is 0 Å². The summed E-state index contributed by atoms with van der Waals surface area (Å²) in [4.78, 5) is 27.1. The van der Waals surface area contributed by atoms with E-state index in [9.17, 15) is 14.0 Å². The van der Waals surface area contributed by atoms with E-state index >= 15 is 0 Å². The Kier molecular flexibility index (Phi) is 5.58. The van der Waals surface area contributed by atoms with Crippen LogP contribution >= 0.6 is 0 Å². The molecule has 0 saturated carbocycles. The fourth-order valence-electron chi connectivity index (χ4n) is 3.39. The van der Waals surface area contributed by atoms with E-state index in [4.69, 9.17) is 9.47 Å². The van der Waals surface area contributed by atoms with Crippen LogP contribution in [0.1, 0.15) is 37.0 Å². The monoisotopic (exact) mass is 364 g/mol. The number of halogens is 1. The summed E-state index contributed by atoms with van der Waals surface area (Å²) >= 11 is 0. The molecule has 0 aromatic heterocycles. The van der Waals surface area contributed by atoms with Crippen LogP contribution in [0.5, 0.6) is 0 Å². The molecule has 7 heteroatoms. The van der Waals surface area contributed by atoms with Crippen molar-refractivity contribution in [2.45, 2.75) is 38.5 Å². The van der Waals surface area contributed by atoms with Gasteiger partial charge in [0.15, 0.2) is 5.79 Å². The van der Waals surface area contributed by atoms with Crippen molar-refractivity contribution in [2.24, 2.45) is 5.92 Å². The van der Waals surface area contributed by atoms with Gasteiger partial charge < -0.3 is 19.7 Å². The van der Waals surface area contributed by atoms with Gasteiger partial charge >= 0.3 is 0 Å². The number of carbonyl (C=O) groups excluding carboxylic acids is 2. The van der Waals surface area contributed by atoms with Crippen molar-refractivity contribution in [3.05, 3.63) is 35.6 Å². The Morgan fingerprint density at radius 2 is 1.69 bits per heavy atom. The van der Waals surface area contributed by atoms with Gasteiger partial charge in [0.1, 0.15) is 11.9 Å². The molecule has 0 bridgehead atoms. The average Bonchev–Trinajstić information content (AvgIpc) is 3.08. The van der Waals surface area contributed by atoms with E-state index in [1.807, 2.05) is 13.8 Å². The van der Waals surface area contributed by atoms with Crippen LogP contribution in [0.3, 0.4) is 0 Å². The van der Waals surface area contributed by atoms with Crippen molar-refractivity contribution in [3.63, 3.8) is 0 Å². The van der Waals surface area contributed by atoms with Crippen LogP contribution in [-0.4, -0.2) is 54.8 Å². The van der Waals surface area contributed by atoms with E-state index in [1.54, 1.807) is 4.90 Å². The van der Waals surface area contributed by atoms with Gasteiger partial charge in [0, 0.05) is 31.5 Å². The van der Waals surface area contributed by atoms with Crippen molar-refractivity contribution < 1.29 is 23.5 Å². The molecule has 142 valence electrons. The molecule has 26 heavy (non-hydrogen) atoms. The topological polar surface area (TPSA) is 67.9 Å². The maximum atomic E-state index is 13.0. The first-order valence-corrected chi connectivity index (χ1v) is 9.03. The summed E-state index contributed by atoms with van der Waals surface area (Å²) in [7, 11) is 0. The number of ether oxygens (including phenoxy) is 2. The highest BCUT2D eigenvalue weighted by molar-refractivity contribution is 5.97. The Morgan fingerprint density at radius 3 is 2.23 bits per heavy atom. The molecule has 2 saturated heterocycles. The van der Waals surface area contributed by atoms with Crippen molar-refractivity contribution in [3.8, 4) is 0 Å². The Morgan fingerprint density at radius 1 is 1.12 bits per heavy atom. The second-order valence-electron chi connectivity index (χ2n) is 7.13. The predicted octanol–water partition coefficient (Wildman–Crippen LogP) is 1.95. The summed E-state index contributed by atoms with van der Waals surface area (Å²) < 4.78 is 24.4. The smallest absolute Gasteiger partial charge is 0.251 e. The average molecular weight is 364 g/mol. The third kappa shape index (κ3) is 4.04. The van der Waals surface area contributed by atoms with Crippen molar-refractivity contribution in [2.75, 3.05) is 26.3 Å². The van der Waals surface area contributed by atoms with Gasteiger partial charge in [-0.25, -0.2) is 4.39 Å². The van der Waals surface area contributed by atoms with Gasteiger partial charge in [-0.15, -0.1) is 0 Å². The van der Waals surface area contributed by atoms with Gasteiger partial charge in [0.05, 0.1) is 13.2 Å². The third-order valence-electron chi connectivity index (χ3n) is 4.98. The number of hydrogen-bond donors (Lipinski definition) is 1. The Balaban J connectivity index is 1.63. The fourth-order valence-corrected chi connectivity index (χ4v) is 3.39. The highest BCUT2D eigenvalue weighted by Crippen LogP contribution is 2.31. The van der Waals surface area contributed by atoms with Crippen LogP contribution in [0.2, 0.25) is 0 Å². The first kappa shape index (κ1) is 18.8. The third-order valence-corrected chi connectivity index (χ3v) is 4.98. The Hall–Kier alpha value is -1.99. The van der Waals surface area contributed by atoms with Gasteiger partial charge in [-0.3, -0.25) is 9.59 Å². The second kappa shape index (κ2) is 7.72. The lowest BCUT2D eigenvalue weighted by Gasteiger charge is -2.39. The lowest BCUT2D eigenvalue weighted by atomic mass is 9.98. The lowest BCUT2D eigenvalue weighted by molar-refractivity contribution is -0.188. The molecule has 2 amide bonds. The molecular weight excluding hydrogens is 339 g/mol. The molecule has 1 atom stereocenters. The zero-order valence-corrected chi connectivity index (χ0v) is 15.2. The van der Waals surface area contributed by atoms with Gasteiger partial charge in [0.2, 0.25) is 5.91 Å². The van der Waals surface area contributed by atoms with E-state index in [-0.39, 0.29) is 17.7 Å². The van der Waals surface area contributed by atoms with Gasteiger partial charge in [-0.2, -0.15) is 0 Å². The molecule has 2 heterocycles.